The molecule has 154 valence electrons. The highest BCUT2D eigenvalue weighted by Gasteiger charge is 2.30. The smallest absolute Gasteiger partial charge is 0.258 e. The maximum absolute atomic E-state index is 13.8. The fraction of sp³-hybridized carbons (Fsp3) is 0.500. The first-order valence-corrected chi connectivity index (χ1v) is 10.4. The van der Waals surface area contributed by atoms with Gasteiger partial charge in [0.1, 0.15) is 5.82 Å². The zero-order valence-electron chi connectivity index (χ0n) is 16.5. The maximum Gasteiger partial charge on any atom is 0.258 e. The summed E-state index contributed by atoms with van der Waals surface area (Å²) in [7, 11) is 0. The summed E-state index contributed by atoms with van der Waals surface area (Å²) in [6, 6.07) is 6.25. The number of carbonyl (C=O) groups excluding carboxylic acids is 2. The molecular formula is C22H26FN3O3. The van der Waals surface area contributed by atoms with E-state index in [-0.39, 0.29) is 29.5 Å². The van der Waals surface area contributed by atoms with Gasteiger partial charge < -0.3 is 14.8 Å². The van der Waals surface area contributed by atoms with Crippen molar-refractivity contribution in [3.63, 3.8) is 0 Å². The fourth-order valence-electron chi connectivity index (χ4n) is 4.47. The lowest BCUT2D eigenvalue weighted by atomic mass is 10.1. The molecule has 2 aliphatic rings. The highest BCUT2D eigenvalue weighted by molar-refractivity contribution is 5.83. The van der Waals surface area contributed by atoms with Crippen LogP contribution in [0, 0.1) is 11.7 Å². The summed E-state index contributed by atoms with van der Waals surface area (Å²) >= 11 is 0. The van der Waals surface area contributed by atoms with Gasteiger partial charge in [0.2, 0.25) is 11.8 Å². The molecule has 2 heterocycles. The topological polar surface area (TPSA) is 73.5 Å². The van der Waals surface area contributed by atoms with Gasteiger partial charge in [-0.3, -0.25) is 14.4 Å². The Balaban J connectivity index is 1.32. The van der Waals surface area contributed by atoms with Gasteiger partial charge in [-0.25, -0.2) is 4.39 Å². The van der Waals surface area contributed by atoms with Crippen molar-refractivity contribution < 1.29 is 14.0 Å². The van der Waals surface area contributed by atoms with Gasteiger partial charge in [0.05, 0.1) is 5.39 Å². The Morgan fingerprint density at radius 2 is 1.76 bits per heavy atom. The first-order chi connectivity index (χ1) is 14.0. The minimum atomic E-state index is -0.545. The lowest BCUT2D eigenvalue weighted by Gasteiger charge is -2.36. The summed E-state index contributed by atoms with van der Waals surface area (Å²) in [6.07, 6.45) is 4.92. The number of aryl methyl sites for hydroxylation is 1. The average Bonchev–Trinajstić information content (AvgIpc) is 3.26. The lowest BCUT2D eigenvalue weighted by Crippen LogP contribution is -2.51. The maximum atomic E-state index is 13.8. The van der Waals surface area contributed by atoms with E-state index in [9.17, 15) is 18.8 Å². The van der Waals surface area contributed by atoms with E-state index >= 15 is 0 Å². The molecule has 1 aromatic carbocycles. The third-order valence-electron chi connectivity index (χ3n) is 6.13. The highest BCUT2D eigenvalue weighted by Crippen LogP contribution is 2.27. The van der Waals surface area contributed by atoms with E-state index in [1.807, 2.05) is 4.90 Å². The molecule has 1 saturated heterocycles. The molecule has 1 aromatic heterocycles. The van der Waals surface area contributed by atoms with Crippen LogP contribution >= 0.6 is 0 Å². The van der Waals surface area contributed by atoms with Crippen LogP contribution in [0.5, 0.6) is 0 Å². The predicted molar refractivity (Wildman–Crippen MR) is 108 cm³/mol. The number of nitrogens with zero attached hydrogens (tertiary/aromatic N) is 2. The summed E-state index contributed by atoms with van der Waals surface area (Å²) in [5.41, 5.74) is 0.151. The van der Waals surface area contributed by atoms with Gasteiger partial charge in [0.15, 0.2) is 0 Å². The number of nitrogens with one attached hydrogen (secondary N) is 1. The van der Waals surface area contributed by atoms with Crippen molar-refractivity contribution in [3.8, 4) is 0 Å². The Bertz CT molecular complexity index is 973. The lowest BCUT2D eigenvalue weighted by molar-refractivity contribution is -0.142. The minimum Gasteiger partial charge on any atom is -0.339 e. The summed E-state index contributed by atoms with van der Waals surface area (Å²) in [5.74, 6) is -0.114. The number of carbonyl (C=O) groups is 2. The first-order valence-electron chi connectivity index (χ1n) is 10.4. The summed E-state index contributed by atoms with van der Waals surface area (Å²) < 4.78 is 13.8. The largest absolute Gasteiger partial charge is 0.339 e. The number of hydrogen-bond donors (Lipinski definition) is 1. The van der Waals surface area contributed by atoms with E-state index in [0.29, 0.717) is 43.7 Å². The van der Waals surface area contributed by atoms with Crippen molar-refractivity contribution in [2.75, 3.05) is 26.2 Å². The molecule has 1 aliphatic heterocycles. The normalized spacial score (nSPS) is 17.8. The summed E-state index contributed by atoms with van der Waals surface area (Å²) in [4.78, 5) is 43.6. The second-order valence-electron chi connectivity index (χ2n) is 8.02. The number of aromatic amines is 1. The number of amides is 2. The van der Waals surface area contributed by atoms with Gasteiger partial charge >= 0.3 is 0 Å². The number of halogens is 1. The molecule has 1 aliphatic carbocycles. The second-order valence-corrected chi connectivity index (χ2v) is 8.02. The Labute approximate surface area is 168 Å². The zero-order valence-corrected chi connectivity index (χ0v) is 16.5. The fourth-order valence-corrected chi connectivity index (χ4v) is 4.47. The van der Waals surface area contributed by atoms with Crippen molar-refractivity contribution in [1.82, 2.24) is 14.8 Å². The van der Waals surface area contributed by atoms with Crippen molar-refractivity contribution >= 4 is 22.6 Å². The zero-order chi connectivity index (χ0) is 20.4. The van der Waals surface area contributed by atoms with Crippen molar-refractivity contribution in [3.05, 3.63) is 46.1 Å². The number of H-pyrrole nitrogens is 1. The summed E-state index contributed by atoms with van der Waals surface area (Å²) in [6.45, 7) is 2.29. The van der Waals surface area contributed by atoms with E-state index in [0.717, 1.165) is 25.7 Å². The van der Waals surface area contributed by atoms with Crippen LogP contribution in [0.2, 0.25) is 0 Å². The Hall–Kier alpha value is -2.70. The van der Waals surface area contributed by atoms with E-state index in [2.05, 4.69) is 4.98 Å². The van der Waals surface area contributed by atoms with Crippen molar-refractivity contribution in [1.29, 1.82) is 0 Å². The van der Waals surface area contributed by atoms with Crippen molar-refractivity contribution in [2.24, 2.45) is 5.92 Å². The van der Waals surface area contributed by atoms with Gasteiger partial charge in [-0.15, -0.1) is 0 Å². The number of fused-ring (bicyclic) bond motifs is 1. The van der Waals surface area contributed by atoms with Crippen LogP contribution in [0.15, 0.2) is 29.1 Å². The van der Waals surface area contributed by atoms with Crippen LogP contribution in [0.1, 0.15) is 37.8 Å². The molecule has 0 radical (unpaired) electrons. The van der Waals surface area contributed by atoms with Crippen LogP contribution in [0.25, 0.3) is 10.8 Å². The van der Waals surface area contributed by atoms with Crippen molar-refractivity contribution in [2.45, 2.75) is 38.5 Å². The second kappa shape index (κ2) is 8.35. The SMILES string of the molecule is O=C(CCc1cc2cccc(F)c2c(=O)[nH]1)N1CCN(C(=O)C2CCCC2)CC1. The molecule has 2 aromatic rings. The standard InChI is InChI=1S/C22H26FN3O3/c23-18-7-3-6-16-14-17(24-21(28)20(16)18)8-9-19(27)25-10-12-26(13-11-25)22(29)15-4-1-2-5-15/h3,6-7,14-15H,1-2,4-5,8-13H2,(H,24,28). The summed E-state index contributed by atoms with van der Waals surface area (Å²) in [5, 5.41) is 0.584. The number of hydrogen-bond acceptors (Lipinski definition) is 3. The van der Waals surface area contributed by atoms with E-state index in [1.54, 1.807) is 23.1 Å². The van der Waals surface area contributed by atoms with Gasteiger partial charge in [-0.05, 0) is 36.8 Å². The minimum absolute atomic E-state index is 0.0122. The average molecular weight is 399 g/mol. The molecule has 4 rings (SSSR count). The Morgan fingerprint density at radius 1 is 1.07 bits per heavy atom. The molecule has 6 nitrogen and oxygen atoms in total. The number of benzene rings is 1. The number of piperazine rings is 1. The van der Waals surface area contributed by atoms with Crippen LogP contribution in [0.3, 0.4) is 0 Å². The molecule has 0 bridgehead atoms. The number of rotatable bonds is 4. The van der Waals surface area contributed by atoms with E-state index < -0.39 is 11.4 Å². The molecule has 2 amide bonds. The molecule has 0 unspecified atom stereocenters. The number of aromatic nitrogens is 1. The van der Waals surface area contributed by atoms with Crippen LogP contribution in [0.4, 0.5) is 4.39 Å². The molecule has 0 spiro atoms. The van der Waals surface area contributed by atoms with Crippen LogP contribution in [-0.4, -0.2) is 52.8 Å². The molecular weight excluding hydrogens is 373 g/mol. The Kier molecular flexibility index (Phi) is 5.65. The molecule has 2 fully saturated rings. The predicted octanol–water partition coefficient (Wildman–Crippen LogP) is 2.46. The first kappa shape index (κ1) is 19.6. The van der Waals surface area contributed by atoms with Gasteiger partial charge in [-0.2, -0.15) is 0 Å². The van der Waals surface area contributed by atoms with Gasteiger partial charge in [0, 0.05) is 44.2 Å². The van der Waals surface area contributed by atoms with E-state index in [1.165, 1.54) is 6.07 Å². The molecule has 1 N–H and O–H groups in total. The monoisotopic (exact) mass is 399 g/mol. The van der Waals surface area contributed by atoms with Crippen LogP contribution in [-0.2, 0) is 16.0 Å². The Morgan fingerprint density at radius 3 is 2.48 bits per heavy atom. The molecule has 29 heavy (non-hydrogen) atoms. The van der Waals surface area contributed by atoms with E-state index in [4.69, 9.17) is 0 Å². The molecule has 0 atom stereocenters. The third-order valence-corrected chi connectivity index (χ3v) is 6.13. The van der Waals surface area contributed by atoms with Crippen LogP contribution < -0.4 is 5.56 Å². The molecule has 7 heteroatoms. The quantitative estimate of drug-likeness (QED) is 0.858. The number of pyridine rings is 1. The van der Waals surface area contributed by atoms with Gasteiger partial charge in [0.25, 0.3) is 5.56 Å². The third kappa shape index (κ3) is 4.18. The van der Waals surface area contributed by atoms with Gasteiger partial charge in [-0.1, -0.05) is 25.0 Å². The highest BCUT2D eigenvalue weighted by atomic mass is 19.1. The molecule has 1 saturated carbocycles.